The lowest BCUT2D eigenvalue weighted by Gasteiger charge is -2.21. The lowest BCUT2D eigenvalue weighted by atomic mass is 10.1. The molecule has 0 spiro atoms. The zero-order chi connectivity index (χ0) is 9.90. The first-order valence-corrected chi connectivity index (χ1v) is 5.18. The minimum atomic E-state index is -0.340. The number of thiazole rings is 1. The molecule has 1 rings (SSSR count). The number of hydrogen-bond acceptors (Lipinski definition) is 4. The Kier molecular flexibility index (Phi) is 3.41. The van der Waals surface area contributed by atoms with E-state index in [4.69, 9.17) is 9.84 Å². The molecule has 0 unspecified atom stereocenters. The predicted octanol–water partition coefficient (Wildman–Crippen LogP) is 1.91. The molecule has 0 fully saturated rings. The molecule has 0 saturated heterocycles. The van der Waals surface area contributed by atoms with Gasteiger partial charge < -0.3 is 9.84 Å². The van der Waals surface area contributed by atoms with E-state index in [0.717, 1.165) is 5.01 Å². The van der Waals surface area contributed by atoms with Gasteiger partial charge in [0.2, 0.25) is 0 Å². The van der Waals surface area contributed by atoms with Crippen LogP contribution in [0.25, 0.3) is 0 Å². The zero-order valence-corrected chi connectivity index (χ0v) is 9.02. The van der Waals surface area contributed by atoms with E-state index in [9.17, 15) is 0 Å². The van der Waals surface area contributed by atoms with E-state index in [0.29, 0.717) is 12.3 Å². The Labute approximate surface area is 82.4 Å². The summed E-state index contributed by atoms with van der Waals surface area (Å²) in [7, 11) is 0. The van der Waals surface area contributed by atoms with Gasteiger partial charge in [-0.2, -0.15) is 0 Å². The molecule has 0 bridgehead atoms. The quantitative estimate of drug-likeness (QED) is 0.809. The molecule has 0 aliphatic rings. The highest BCUT2D eigenvalue weighted by atomic mass is 32.1. The van der Waals surface area contributed by atoms with Crippen molar-refractivity contribution in [1.82, 2.24) is 4.98 Å². The summed E-state index contributed by atoms with van der Waals surface area (Å²) in [6.45, 7) is 6.59. The van der Waals surface area contributed by atoms with Crippen LogP contribution in [0.2, 0.25) is 0 Å². The normalized spacial score (nSPS) is 12.0. The first kappa shape index (κ1) is 10.6. The van der Waals surface area contributed by atoms with Crippen molar-refractivity contribution < 1.29 is 9.84 Å². The zero-order valence-electron chi connectivity index (χ0n) is 8.20. The molecule has 13 heavy (non-hydrogen) atoms. The van der Waals surface area contributed by atoms with Gasteiger partial charge in [-0.15, -0.1) is 11.3 Å². The van der Waals surface area contributed by atoms with Crippen LogP contribution in [0, 0.1) is 0 Å². The lowest BCUT2D eigenvalue weighted by molar-refractivity contribution is -0.0143. The molecule has 0 amide bonds. The van der Waals surface area contributed by atoms with Gasteiger partial charge in [0, 0.05) is 12.0 Å². The SMILES string of the molecule is CCOC(C)(C)c1nc(CO)cs1. The Morgan fingerprint density at radius 2 is 2.31 bits per heavy atom. The van der Waals surface area contributed by atoms with Crippen LogP contribution >= 0.6 is 11.3 Å². The van der Waals surface area contributed by atoms with Crippen molar-refractivity contribution in [2.75, 3.05) is 6.61 Å². The maximum Gasteiger partial charge on any atom is 0.124 e. The second-order valence-electron chi connectivity index (χ2n) is 3.25. The number of aliphatic hydroxyl groups excluding tert-OH is 1. The molecule has 3 nitrogen and oxygen atoms in total. The molecule has 4 heteroatoms. The van der Waals surface area contributed by atoms with Crippen molar-refractivity contribution in [2.45, 2.75) is 33.0 Å². The Bertz CT molecular complexity index is 270. The molecular formula is C9H15NO2S. The van der Waals surface area contributed by atoms with Gasteiger partial charge in [-0.05, 0) is 20.8 Å². The van der Waals surface area contributed by atoms with Crippen LogP contribution in [-0.4, -0.2) is 16.7 Å². The van der Waals surface area contributed by atoms with Crippen molar-refractivity contribution in [3.8, 4) is 0 Å². The fourth-order valence-corrected chi connectivity index (χ4v) is 1.97. The molecule has 1 heterocycles. The molecule has 0 atom stereocenters. The van der Waals surface area contributed by atoms with Crippen molar-refractivity contribution in [3.05, 3.63) is 16.1 Å². The van der Waals surface area contributed by atoms with E-state index in [1.54, 1.807) is 0 Å². The summed E-state index contributed by atoms with van der Waals surface area (Å²) in [6, 6.07) is 0. The summed E-state index contributed by atoms with van der Waals surface area (Å²) in [4.78, 5) is 4.26. The summed E-state index contributed by atoms with van der Waals surface area (Å²) < 4.78 is 5.54. The van der Waals surface area contributed by atoms with E-state index in [1.807, 2.05) is 26.2 Å². The van der Waals surface area contributed by atoms with Crippen LogP contribution in [-0.2, 0) is 16.9 Å². The average molecular weight is 201 g/mol. The van der Waals surface area contributed by atoms with Gasteiger partial charge in [0.05, 0.1) is 12.3 Å². The van der Waals surface area contributed by atoms with Crippen LogP contribution in [0.1, 0.15) is 31.5 Å². The third-order valence-corrected chi connectivity index (χ3v) is 2.93. The minimum absolute atomic E-state index is 0.00128. The van der Waals surface area contributed by atoms with Gasteiger partial charge in [-0.25, -0.2) is 4.98 Å². The summed E-state index contributed by atoms with van der Waals surface area (Å²) in [5.41, 5.74) is 0.375. The second-order valence-corrected chi connectivity index (χ2v) is 4.10. The van der Waals surface area contributed by atoms with Crippen molar-refractivity contribution in [1.29, 1.82) is 0 Å². The van der Waals surface area contributed by atoms with Gasteiger partial charge in [0.1, 0.15) is 10.6 Å². The fraction of sp³-hybridized carbons (Fsp3) is 0.667. The Hall–Kier alpha value is -0.450. The molecule has 0 radical (unpaired) electrons. The third kappa shape index (κ3) is 2.49. The molecule has 0 aromatic carbocycles. The van der Waals surface area contributed by atoms with Crippen LogP contribution in [0.5, 0.6) is 0 Å². The van der Waals surface area contributed by atoms with E-state index in [1.165, 1.54) is 11.3 Å². The van der Waals surface area contributed by atoms with Crippen LogP contribution in [0.4, 0.5) is 0 Å². The molecule has 74 valence electrons. The van der Waals surface area contributed by atoms with Crippen molar-refractivity contribution in [2.24, 2.45) is 0 Å². The first-order chi connectivity index (χ1) is 6.10. The molecule has 1 aromatic heterocycles. The van der Waals surface area contributed by atoms with Crippen LogP contribution in [0.3, 0.4) is 0 Å². The van der Waals surface area contributed by atoms with Gasteiger partial charge in [0.25, 0.3) is 0 Å². The smallest absolute Gasteiger partial charge is 0.124 e. The van der Waals surface area contributed by atoms with Crippen molar-refractivity contribution >= 4 is 11.3 Å². The monoisotopic (exact) mass is 201 g/mol. The summed E-state index contributed by atoms with van der Waals surface area (Å²) >= 11 is 1.52. The van der Waals surface area contributed by atoms with E-state index in [2.05, 4.69) is 4.98 Å². The topological polar surface area (TPSA) is 42.4 Å². The summed E-state index contributed by atoms with van der Waals surface area (Å²) in [6.07, 6.45) is 0. The van der Waals surface area contributed by atoms with Gasteiger partial charge in [-0.3, -0.25) is 0 Å². The summed E-state index contributed by atoms with van der Waals surface area (Å²) in [5.74, 6) is 0. The number of hydrogen-bond donors (Lipinski definition) is 1. The Morgan fingerprint density at radius 1 is 1.62 bits per heavy atom. The predicted molar refractivity (Wildman–Crippen MR) is 52.7 cm³/mol. The molecule has 0 aliphatic heterocycles. The molecule has 1 aromatic rings. The Morgan fingerprint density at radius 3 is 2.77 bits per heavy atom. The highest BCUT2D eigenvalue weighted by molar-refractivity contribution is 7.09. The van der Waals surface area contributed by atoms with E-state index >= 15 is 0 Å². The van der Waals surface area contributed by atoms with Crippen molar-refractivity contribution in [3.63, 3.8) is 0 Å². The van der Waals surface area contributed by atoms with Crippen LogP contribution < -0.4 is 0 Å². The van der Waals surface area contributed by atoms with E-state index in [-0.39, 0.29) is 12.2 Å². The summed E-state index contributed by atoms with van der Waals surface area (Å²) in [5, 5.41) is 11.6. The number of nitrogens with zero attached hydrogens (tertiary/aromatic N) is 1. The second kappa shape index (κ2) is 4.17. The number of aromatic nitrogens is 1. The average Bonchev–Trinajstić information content (AvgIpc) is 2.52. The Balaban J connectivity index is 2.80. The highest BCUT2D eigenvalue weighted by Gasteiger charge is 2.24. The highest BCUT2D eigenvalue weighted by Crippen LogP contribution is 2.27. The number of aliphatic hydroxyl groups is 1. The molecule has 0 aliphatic carbocycles. The third-order valence-electron chi connectivity index (χ3n) is 1.73. The molecule has 1 N–H and O–H groups in total. The largest absolute Gasteiger partial charge is 0.390 e. The lowest BCUT2D eigenvalue weighted by Crippen LogP contribution is -2.21. The van der Waals surface area contributed by atoms with E-state index < -0.39 is 0 Å². The minimum Gasteiger partial charge on any atom is -0.390 e. The van der Waals surface area contributed by atoms with Crippen LogP contribution in [0.15, 0.2) is 5.38 Å². The first-order valence-electron chi connectivity index (χ1n) is 4.30. The molecular weight excluding hydrogens is 186 g/mol. The van der Waals surface area contributed by atoms with Gasteiger partial charge >= 0.3 is 0 Å². The number of ether oxygens (including phenoxy) is 1. The maximum atomic E-state index is 8.85. The maximum absolute atomic E-state index is 8.85. The number of rotatable bonds is 4. The standard InChI is InChI=1S/C9H15NO2S/c1-4-12-9(2,3)8-10-7(5-11)6-13-8/h6,11H,4-5H2,1-3H3. The van der Waals surface area contributed by atoms with Gasteiger partial charge in [-0.1, -0.05) is 0 Å². The van der Waals surface area contributed by atoms with Gasteiger partial charge in [0.15, 0.2) is 0 Å². The fourth-order valence-electron chi connectivity index (χ4n) is 1.08. The molecule has 0 saturated carbocycles.